The summed E-state index contributed by atoms with van der Waals surface area (Å²) in [6, 6.07) is 7.53. The van der Waals surface area contributed by atoms with Gasteiger partial charge >= 0.3 is 0 Å². The van der Waals surface area contributed by atoms with E-state index < -0.39 is 5.60 Å². The standard InChI is InChI=1S/C15H14O3/c16-14-11-3-1-2-4-12(11)15(18-17)10-7-5-9(6-8-10)13(14)15/h1-5,7,9-10,13,17H,6,8H2. The lowest BCUT2D eigenvalue weighted by Gasteiger charge is -2.48. The van der Waals surface area contributed by atoms with Crippen molar-refractivity contribution in [1.29, 1.82) is 0 Å². The minimum Gasteiger partial charge on any atom is -0.294 e. The number of rotatable bonds is 1. The van der Waals surface area contributed by atoms with Crippen molar-refractivity contribution in [2.24, 2.45) is 17.8 Å². The Kier molecular flexibility index (Phi) is 1.92. The van der Waals surface area contributed by atoms with Crippen LogP contribution in [0, 0.1) is 17.8 Å². The van der Waals surface area contributed by atoms with E-state index in [0.29, 0.717) is 0 Å². The number of hydrogen-bond donors (Lipinski definition) is 1. The molecule has 1 saturated carbocycles. The topological polar surface area (TPSA) is 46.5 Å². The third-order valence-electron chi connectivity index (χ3n) is 4.89. The highest BCUT2D eigenvalue weighted by molar-refractivity contribution is 6.04. The maximum absolute atomic E-state index is 12.6. The average Bonchev–Trinajstić information content (AvgIpc) is 2.73. The molecule has 0 aromatic heterocycles. The van der Waals surface area contributed by atoms with Crippen LogP contribution in [0.5, 0.6) is 0 Å². The van der Waals surface area contributed by atoms with Crippen molar-refractivity contribution >= 4 is 5.78 Å². The number of carbonyl (C=O) groups excluding carboxylic acids is 1. The van der Waals surface area contributed by atoms with Gasteiger partial charge in [0.25, 0.3) is 0 Å². The minimum absolute atomic E-state index is 0.102. The zero-order valence-corrected chi connectivity index (χ0v) is 9.87. The Bertz CT molecular complexity index is 563. The van der Waals surface area contributed by atoms with Gasteiger partial charge in [-0.25, -0.2) is 4.89 Å². The highest BCUT2D eigenvalue weighted by atomic mass is 17.1. The van der Waals surface area contributed by atoms with Crippen LogP contribution in [0.3, 0.4) is 0 Å². The molecule has 1 aromatic rings. The molecule has 18 heavy (non-hydrogen) atoms. The van der Waals surface area contributed by atoms with E-state index in [0.717, 1.165) is 24.0 Å². The number of benzene rings is 1. The molecule has 0 saturated heterocycles. The fourth-order valence-corrected chi connectivity index (χ4v) is 4.16. The first-order chi connectivity index (χ1) is 8.79. The van der Waals surface area contributed by atoms with Crippen LogP contribution < -0.4 is 0 Å². The van der Waals surface area contributed by atoms with Crippen molar-refractivity contribution < 1.29 is 14.9 Å². The van der Waals surface area contributed by atoms with Crippen LogP contribution in [0.25, 0.3) is 0 Å². The summed E-state index contributed by atoms with van der Waals surface area (Å²) in [5.74, 6) is 0.175. The van der Waals surface area contributed by atoms with Crippen molar-refractivity contribution in [2.45, 2.75) is 18.4 Å². The molecule has 0 radical (unpaired) electrons. The highest BCUT2D eigenvalue weighted by Gasteiger charge is 2.63. The summed E-state index contributed by atoms with van der Waals surface area (Å²) in [4.78, 5) is 17.5. The van der Waals surface area contributed by atoms with Crippen molar-refractivity contribution in [2.75, 3.05) is 0 Å². The van der Waals surface area contributed by atoms with E-state index in [2.05, 4.69) is 12.2 Å². The first-order valence-electron chi connectivity index (χ1n) is 6.43. The van der Waals surface area contributed by atoms with Crippen LogP contribution >= 0.6 is 0 Å². The van der Waals surface area contributed by atoms with Crippen molar-refractivity contribution in [3.05, 3.63) is 47.5 Å². The normalized spacial score (nSPS) is 39.8. The zero-order valence-electron chi connectivity index (χ0n) is 9.87. The second kappa shape index (κ2) is 3.31. The summed E-state index contributed by atoms with van der Waals surface area (Å²) in [6.07, 6.45) is 6.21. The molecule has 1 fully saturated rings. The lowest BCUT2D eigenvalue weighted by Crippen LogP contribution is -2.51. The van der Waals surface area contributed by atoms with E-state index in [1.165, 1.54) is 0 Å². The first kappa shape index (κ1) is 10.5. The van der Waals surface area contributed by atoms with E-state index in [1.54, 1.807) is 0 Å². The van der Waals surface area contributed by atoms with Crippen molar-refractivity contribution in [1.82, 2.24) is 0 Å². The Balaban J connectivity index is 2.02. The number of allylic oxidation sites excluding steroid dienone is 1. The van der Waals surface area contributed by atoms with Crippen LogP contribution in [-0.2, 0) is 10.5 Å². The second-order valence-electron chi connectivity index (χ2n) is 5.50. The van der Waals surface area contributed by atoms with Crippen molar-refractivity contribution in [3.8, 4) is 0 Å². The fourth-order valence-electron chi connectivity index (χ4n) is 4.16. The molecule has 0 amide bonds. The van der Waals surface area contributed by atoms with Gasteiger partial charge in [-0.3, -0.25) is 10.1 Å². The summed E-state index contributed by atoms with van der Waals surface area (Å²) in [7, 11) is 0. The molecular weight excluding hydrogens is 228 g/mol. The minimum atomic E-state index is -0.828. The van der Waals surface area contributed by atoms with Gasteiger partial charge in [0.15, 0.2) is 5.78 Å². The first-order valence-corrected chi connectivity index (χ1v) is 6.43. The monoisotopic (exact) mass is 242 g/mol. The third kappa shape index (κ3) is 0.967. The summed E-state index contributed by atoms with van der Waals surface area (Å²) >= 11 is 0. The SMILES string of the molecule is O=C1c2ccccc2C2(OO)C3C=CC(CC3)C12. The highest BCUT2D eigenvalue weighted by Crippen LogP contribution is 2.59. The van der Waals surface area contributed by atoms with Gasteiger partial charge in [-0.2, -0.15) is 0 Å². The molecule has 5 rings (SSSR count). The number of carbonyl (C=O) groups is 1. The van der Waals surface area contributed by atoms with Gasteiger partial charge in [0.2, 0.25) is 0 Å². The quantitative estimate of drug-likeness (QED) is 0.468. The van der Waals surface area contributed by atoms with Crippen LogP contribution in [0.1, 0.15) is 28.8 Å². The number of Topliss-reactive ketones (excluding diaryl/α,β-unsaturated/α-hetero) is 1. The Labute approximate surface area is 105 Å². The predicted octanol–water partition coefficient (Wildman–Crippen LogP) is 2.78. The van der Waals surface area contributed by atoms with Gasteiger partial charge in [-0.1, -0.05) is 36.4 Å². The van der Waals surface area contributed by atoms with Crippen LogP contribution in [0.4, 0.5) is 0 Å². The van der Waals surface area contributed by atoms with Crippen LogP contribution in [0.2, 0.25) is 0 Å². The molecule has 0 aliphatic heterocycles. The molecule has 3 nitrogen and oxygen atoms in total. The van der Waals surface area contributed by atoms with Crippen LogP contribution in [-0.4, -0.2) is 11.0 Å². The Hall–Kier alpha value is -1.45. The van der Waals surface area contributed by atoms with E-state index in [4.69, 9.17) is 4.89 Å². The van der Waals surface area contributed by atoms with E-state index in [1.807, 2.05) is 24.3 Å². The smallest absolute Gasteiger partial charge is 0.170 e. The van der Waals surface area contributed by atoms with E-state index in [-0.39, 0.29) is 23.5 Å². The molecule has 4 unspecified atom stereocenters. The summed E-state index contributed by atoms with van der Waals surface area (Å²) in [5.41, 5.74) is 0.754. The van der Waals surface area contributed by atoms with Gasteiger partial charge in [0.1, 0.15) is 5.60 Å². The maximum Gasteiger partial charge on any atom is 0.170 e. The fraction of sp³-hybridized carbons (Fsp3) is 0.400. The molecule has 0 spiro atoms. The van der Waals surface area contributed by atoms with Gasteiger partial charge in [0.05, 0.1) is 5.92 Å². The molecule has 2 bridgehead atoms. The zero-order chi connectivity index (χ0) is 12.3. The lowest BCUT2D eigenvalue weighted by molar-refractivity contribution is -0.359. The second-order valence-corrected chi connectivity index (χ2v) is 5.50. The summed E-state index contributed by atoms with van der Waals surface area (Å²) in [6.45, 7) is 0. The predicted molar refractivity (Wildman–Crippen MR) is 65.0 cm³/mol. The average molecular weight is 242 g/mol. The Morgan fingerprint density at radius 2 is 2.06 bits per heavy atom. The molecule has 4 aliphatic carbocycles. The molecule has 0 heterocycles. The maximum atomic E-state index is 12.6. The number of ketones is 1. The molecule has 1 N–H and O–H groups in total. The van der Waals surface area contributed by atoms with Gasteiger partial charge in [-0.15, -0.1) is 0 Å². The molecule has 3 heteroatoms. The number of fused-ring (bicyclic) bond motifs is 2. The molecule has 1 aromatic carbocycles. The Morgan fingerprint density at radius 1 is 1.22 bits per heavy atom. The molecule has 92 valence electrons. The van der Waals surface area contributed by atoms with Crippen LogP contribution in [0.15, 0.2) is 36.4 Å². The molecular formula is C15H14O3. The van der Waals surface area contributed by atoms with E-state index >= 15 is 0 Å². The summed E-state index contributed by atoms with van der Waals surface area (Å²) in [5, 5.41) is 9.55. The van der Waals surface area contributed by atoms with Gasteiger partial charge in [-0.05, 0) is 24.3 Å². The van der Waals surface area contributed by atoms with Gasteiger partial charge < -0.3 is 0 Å². The number of hydrogen-bond acceptors (Lipinski definition) is 3. The lowest BCUT2D eigenvalue weighted by atomic mass is 9.59. The van der Waals surface area contributed by atoms with E-state index in [9.17, 15) is 10.1 Å². The van der Waals surface area contributed by atoms with Crippen molar-refractivity contribution in [3.63, 3.8) is 0 Å². The Morgan fingerprint density at radius 3 is 2.78 bits per heavy atom. The summed E-state index contributed by atoms with van der Waals surface area (Å²) < 4.78 is 0. The molecule has 4 aliphatic rings. The third-order valence-corrected chi connectivity index (χ3v) is 4.89. The van der Waals surface area contributed by atoms with Gasteiger partial charge in [0, 0.05) is 11.5 Å². The molecule has 4 atom stereocenters. The largest absolute Gasteiger partial charge is 0.294 e.